The lowest BCUT2D eigenvalue weighted by molar-refractivity contribution is 0.238. The first kappa shape index (κ1) is 14.1. The smallest absolute Gasteiger partial charge is 0.337 e. The summed E-state index contributed by atoms with van der Waals surface area (Å²) >= 11 is 0. The van der Waals surface area contributed by atoms with E-state index in [0.717, 1.165) is 25.2 Å². The summed E-state index contributed by atoms with van der Waals surface area (Å²) in [4.78, 5) is 2.32. The Kier molecular flexibility index (Phi) is 7.45. The molecule has 4 heteroatoms. The molecule has 0 unspecified atom stereocenters. The summed E-state index contributed by atoms with van der Waals surface area (Å²) in [6, 6.07) is 2.14. The van der Waals surface area contributed by atoms with E-state index in [1.54, 1.807) is 14.2 Å². The molecule has 0 aromatic rings. The van der Waals surface area contributed by atoms with Gasteiger partial charge in [-0.1, -0.05) is 13.8 Å². The topological polar surface area (TPSA) is 21.7 Å². The quantitative estimate of drug-likeness (QED) is 0.584. The van der Waals surface area contributed by atoms with Gasteiger partial charge in [-0.25, -0.2) is 0 Å². The highest BCUT2D eigenvalue weighted by molar-refractivity contribution is 6.67. The molecule has 0 rings (SSSR count). The number of nitrogens with zero attached hydrogens (tertiary/aromatic N) is 1. The zero-order chi connectivity index (χ0) is 11.0. The predicted molar refractivity (Wildman–Crippen MR) is 62.8 cm³/mol. The maximum Gasteiger partial charge on any atom is 0.337 e. The van der Waals surface area contributed by atoms with Crippen molar-refractivity contribution in [2.24, 2.45) is 0 Å². The van der Waals surface area contributed by atoms with Crippen molar-refractivity contribution >= 4 is 8.56 Å². The average Bonchev–Trinajstić information content (AvgIpc) is 2.25. The molecule has 0 aliphatic heterocycles. The Morgan fingerprint density at radius 1 is 1.14 bits per heavy atom. The monoisotopic (exact) mass is 219 g/mol. The van der Waals surface area contributed by atoms with Crippen molar-refractivity contribution in [1.82, 2.24) is 4.90 Å². The Bertz CT molecular complexity index is 132. The van der Waals surface area contributed by atoms with E-state index in [4.69, 9.17) is 8.85 Å². The molecule has 0 fully saturated rings. The van der Waals surface area contributed by atoms with E-state index < -0.39 is 8.56 Å². The summed E-state index contributed by atoms with van der Waals surface area (Å²) in [5, 5.41) is 0. The van der Waals surface area contributed by atoms with Gasteiger partial charge in [0.2, 0.25) is 0 Å². The standard InChI is InChI=1S/C10H25NO2Si/c1-6-11(3)9-8-10-14(7-2,12-4)13-5/h6-10H2,1-5H3. The van der Waals surface area contributed by atoms with Gasteiger partial charge in [0.05, 0.1) is 0 Å². The highest BCUT2D eigenvalue weighted by Gasteiger charge is 2.32. The van der Waals surface area contributed by atoms with Gasteiger partial charge in [-0.15, -0.1) is 0 Å². The second kappa shape index (κ2) is 7.40. The number of hydrogen-bond acceptors (Lipinski definition) is 3. The normalized spacial score (nSPS) is 12.4. The van der Waals surface area contributed by atoms with Gasteiger partial charge in [0, 0.05) is 14.2 Å². The zero-order valence-corrected chi connectivity index (χ0v) is 11.3. The minimum absolute atomic E-state index is 1.04. The van der Waals surface area contributed by atoms with Crippen LogP contribution in [0.4, 0.5) is 0 Å². The third-order valence-corrected chi connectivity index (χ3v) is 6.60. The highest BCUT2D eigenvalue weighted by atomic mass is 28.4. The summed E-state index contributed by atoms with van der Waals surface area (Å²) in [7, 11) is 3.88. The first-order valence-electron chi connectivity index (χ1n) is 5.43. The van der Waals surface area contributed by atoms with Crippen LogP contribution in [-0.4, -0.2) is 47.8 Å². The lowest BCUT2D eigenvalue weighted by atomic mass is 10.4. The summed E-state index contributed by atoms with van der Waals surface area (Å²) in [5.41, 5.74) is 0. The molecule has 0 radical (unpaired) electrons. The van der Waals surface area contributed by atoms with E-state index in [2.05, 4.69) is 25.8 Å². The van der Waals surface area contributed by atoms with E-state index in [9.17, 15) is 0 Å². The Hall–Kier alpha value is 0.0969. The second-order valence-corrected chi connectivity index (χ2v) is 7.52. The van der Waals surface area contributed by atoms with Gasteiger partial charge in [-0.3, -0.25) is 0 Å². The van der Waals surface area contributed by atoms with Crippen molar-refractivity contribution in [1.29, 1.82) is 0 Å². The van der Waals surface area contributed by atoms with Gasteiger partial charge < -0.3 is 13.8 Å². The van der Waals surface area contributed by atoms with Crippen LogP contribution in [0.3, 0.4) is 0 Å². The molecule has 0 heterocycles. The molecule has 0 aromatic heterocycles. The van der Waals surface area contributed by atoms with Gasteiger partial charge in [0.25, 0.3) is 0 Å². The van der Waals surface area contributed by atoms with Crippen LogP contribution in [0.1, 0.15) is 20.3 Å². The molecule has 0 amide bonds. The minimum atomic E-state index is -1.82. The minimum Gasteiger partial charge on any atom is -0.398 e. The summed E-state index contributed by atoms with van der Waals surface area (Å²) < 4.78 is 11.1. The van der Waals surface area contributed by atoms with Crippen molar-refractivity contribution < 1.29 is 8.85 Å². The molecule has 3 nitrogen and oxygen atoms in total. The highest BCUT2D eigenvalue weighted by Crippen LogP contribution is 2.18. The van der Waals surface area contributed by atoms with Crippen LogP contribution in [0.25, 0.3) is 0 Å². The molecule has 0 saturated carbocycles. The largest absolute Gasteiger partial charge is 0.398 e. The first-order valence-corrected chi connectivity index (χ1v) is 7.66. The fourth-order valence-corrected chi connectivity index (χ4v) is 3.73. The summed E-state index contributed by atoms with van der Waals surface area (Å²) in [6.07, 6.45) is 1.17. The van der Waals surface area contributed by atoms with Crippen LogP contribution >= 0.6 is 0 Å². The maximum absolute atomic E-state index is 5.55. The first-order chi connectivity index (χ1) is 6.64. The van der Waals surface area contributed by atoms with Crippen molar-refractivity contribution in [2.75, 3.05) is 34.4 Å². The van der Waals surface area contributed by atoms with Crippen molar-refractivity contribution in [2.45, 2.75) is 32.4 Å². The van der Waals surface area contributed by atoms with Crippen LogP contribution in [-0.2, 0) is 8.85 Å². The Morgan fingerprint density at radius 3 is 2.07 bits per heavy atom. The molecular formula is C10H25NO2Si. The number of rotatable bonds is 8. The maximum atomic E-state index is 5.55. The van der Waals surface area contributed by atoms with E-state index in [1.807, 2.05) is 0 Å². The SMILES string of the molecule is CCN(C)CCC[Si](CC)(OC)OC. The van der Waals surface area contributed by atoms with Crippen molar-refractivity contribution in [3.8, 4) is 0 Å². The molecule has 0 spiro atoms. The number of hydrogen-bond donors (Lipinski definition) is 0. The van der Waals surface area contributed by atoms with Crippen LogP contribution in [0, 0.1) is 0 Å². The molecule has 0 bridgehead atoms. The zero-order valence-electron chi connectivity index (χ0n) is 10.3. The Morgan fingerprint density at radius 2 is 1.71 bits per heavy atom. The molecule has 86 valence electrons. The lowest BCUT2D eigenvalue weighted by Crippen LogP contribution is -2.39. The fourth-order valence-electron chi connectivity index (χ4n) is 1.53. The van der Waals surface area contributed by atoms with Gasteiger partial charge in [0.15, 0.2) is 0 Å². The molecule has 0 N–H and O–H groups in total. The van der Waals surface area contributed by atoms with Crippen molar-refractivity contribution in [3.63, 3.8) is 0 Å². The molecule has 0 atom stereocenters. The predicted octanol–water partition coefficient (Wildman–Crippen LogP) is 2.08. The van der Waals surface area contributed by atoms with E-state index >= 15 is 0 Å². The van der Waals surface area contributed by atoms with E-state index in [0.29, 0.717) is 0 Å². The average molecular weight is 219 g/mol. The van der Waals surface area contributed by atoms with Gasteiger partial charge in [-0.2, -0.15) is 0 Å². The molecular weight excluding hydrogens is 194 g/mol. The third kappa shape index (κ3) is 4.55. The third-order valence-electron chi connectivity index (χ3n) is 2.92. The Balaban J connectivity index is 3.82. The van der Waals surface area contributed by atoms with Gasteiger partial charge in [-0.05, 0) is 38.6 Å². The van der Waals surface area contributed by atoms with Gasteiger partial charge >= 0.3 is 8.56 Å². The molecule has 0 aliphatic carbocycles. The van der Waals surface area contributed by atoms with Crippen LogP contribution < -0.4 is 0 Å². The van der Waals surface area contributed by atoms with Crippen LogP contribution in [0.5, 0.6) is 0 Å². The Labute approximate surface area is 89.6 Å². The molecule has 0 aromatic carbocycles. The van der Waals surface area contributed by atoms with Gasteiger partial charge in [0.1, 0.15) is 0 Å². The molecule has 0 aliphatic rings. The fraction of sp³-hybridized carbons (Fsp3) is 1.00. The van der Waals surface area contributed by atoms with E-state index in [-0.39, 0.29) is 0 Å². The van der Waals surface area contributed by atoms with Crippen molar-refractivity contribution in [3.05, 3.63) is 0 Å². The lowest BCUT2D eigenvalue weighted by Gasteiger charge is -2.26. The van der Waals surface area contributed by atoms with Crippen LogP contribution in [0.2, 0.25) is 12.1 Å². The summed E-state index contributed by atoms with van der Waals surface area (Å²) in [5.74, 6) is 0. The van der Waals surface area contributed by atoms with Crippen LogP contribution in [0.15, 0.2) is 0 Å². The molecule has 0 saturated heterocycles. The molecule has 14 heavy (non-hydrogen) atoms. The van der Waals surface area contributed by atoms with E-state index in [1.165, 1.54) is 6.42 Å². The summed E-state index contributed by atoms with van der Waals surface area (Å²) in [6.45, 7) is 6.58. The second-order valence-electron chi connectivity index (χ2n) is 3.67.